The van der Waals surface area contributed by atoms with Crippen LogP contribution in [0.4, 0.5) is 11.4 Å². The SMILES string of the molecule is N#CC(C#N)=C(C#N)Nc1cc(Cl)c2c(c1)NC(=O)CO2. The second-order valence-electron chi connectivity index (χ2n) is 3.88. The molecule has 0 aliphatic carbocycles. The van der Waals surface area contributed by atoms with E-state index in [1.54, 1.807) is 18.2 Å². The van der Waals surface area contributed by atoms with Crippen LogP contribution in [0, 0.1) is 34.0 Å². The summed E-state index contributed by atoms with van der Waals surface area (Å²) in [4.78, 5) is 11.3. The number of nitrogens with zero attached hydrogens (tertiary/aromatic N) is 3. The van der Waals surface area contributed by atoms with Gasteiger partial charge in [-0.2, -0.15) is 15.8 Å². The Labute approximate surface area is 124 Å². The molecule has 0 spiro atoms. The Kier molecular flexibility index (Phi) is 3.95. The van der Waals surface area contributed by atoms with Crippen LogP contribution in [0.1, 0.15) is 0 Å². The van der Waals surface area contributed by atoms with Gasteiger partial charge in [0, 0.05) is 5.69 Å². The number of hydrogen-bond acceptors (Lipinski definition) is 6. The van der Waals surface area contributed by atoms with Crippen molar-refractivity contribution in [2.45, 2.75) is 0 Å². The van der Waals surface area contributed by atoms with Gasteiger partial charge in [0.25, 0.3) is 5.91 Å². The molecule has 0 saturated carbocycles. The molecular formula is C13H6ClN5O2. The normalized spacial score (nSPS) is 11.6. The number of carbonyl (C=O) groups is 1. The number of amides is 1. The number of halogens is 1. The van der Waals surface area contributed by atoms with Gasteiger partial charge < -0.3 is 15.4 Å². The number of carbonyl (C=O) groups excluding carboxylic acids is 1. The van der Waals surface area contributed by atoms with Gasteiger partial charge in [0.1, 0.15) is 23.9 Å². The molecule has 1 aliphatic rings. The molecule has 0 bridgehead atoms. The highest BCUT2D eigenvalue weighted by atomic mass is 35.5. The monoisotopic (exact) mass is 299 g/mol. The second kappa shape index (κ2) is 5.83. The number of hydrogen-bond donors (Lipinski definition) is 2. The van der Waals surface area contributed by atoms with Gasteiger partial charge in [-0.25, -0.2) is 0 Å². The van der Waals surface area contributed by atoms with Gasteiger partial charge in [0.2, 0.25) is 0 Å². The molecule has 1 aromatic rings. The first-order valence-electron chi connectivity index (χ1n) is 5.56. The van der Waals surface area contributed by atoms with Crippen LogP contribution in [0.25, 0.3) is 0 Å². The van der Waals surface area contributed by atoms with Gasteiger partial charge in [-0.05, 0) is 12.1 Å². The zero-order chi connectivity index (χ0) is 15.4. The van der Waals surface area contributed by atoms with Gasteiger partial charge in [-0.1, -0.05) is 11.6 Å². The van der Waals surface area contributed by atoms with Gasteiger partial charge >= 0.3 is 0 Å². The maximum Gasteiger partial charge on any atom is 0.262 e. The van der Waals surface area contributed by atoms with E-state index < -0.39 is 0 Å². The Morgan fingerprint density at radius 2 is 2.00 bits per heavy atom. The summed E-state index contributed by atoms with van der Waals surface area (Å²) in [5, 5.41) is 31.9. The van der Waals surface area contributed by atoms with E-state index in [0.717, 1.165) is 0 Å². The van der Waals surface area contributed by atoms with E-state index in [1.165, 1.54) is 12.1 Å². The summed E-state index contributed by atoms with van der Waals surface area (Å²) in [6, 6.07) is 7.90. The van der Waals surface area contributed by atoms with E-state index in [-0.39, 0.29) is 28.8 Å². The maximum absolute atomic E-state index is 11.3. The minimum Gasteiger partial charge on any atom is -0.480 e. The highest BCUT2D eigenvalue weighted by Crippen LogP contribution is 2.38. The third kappa shape index (κ3) is 2.87. The average molecular weight is 300 g/mol. The lowest BCUT2D eigenvalue weighted by Crippen LogP contribution is -2.25. The van der Waals surface area contributed by atoms with Crippen molar-refractivity contribution in [3.05, 3.63) is 28.4 Å². The highest BCUT2D eigenvalue weighted by Gasteiger charge is 2.20. The smallest absolute Gasteiger partial charge is 0.262 e. The number of allylic oxidation sites excluding steroid dienone is 2. The molecule has 2 rings (SSSR count). The van der Waals surface area contributed by atoms with E-state index in [9.17, 15) is 4.79 Å². The summed E-state index contributed by atoms with van der Waals surface area (Å²) >= 11 is 6.02. The van der Waals surface area contributed by atoms with Crippen molar-refractivity contribution in [2.75, 3.05) is 17.2 Å². The van der Waals surface area contributed by atoms with Crippen molar-refractivity contribution in [3.63, 3.8) is 0 Å². The minimum atomic E-state index is -0.355. The molecule has 0 aromatic heterocycles. The number of anilines is 2. The molecule has 1 heterocycles. The summed E-state index contributed by atoms with van der Waals surface area (Å²) in [7, 11) is 0. The zero-order valence-corrected chi connectivity index (χ0v) is 11.2. The number of nitrogens with one attached hydrogen (secondary N) is 2. The van der Waals surface area contributed by atoms with E-state index in [4.69, 9.17) is 32.1 Å². The lowest BCUT2D eigenvalue weighted by Gasteiger charge is -2.20. The molecule has 0 fully saturated rings. The molecule has 2 N–H and O–H groups in total. The number of ether oxygens (including phenoxy) is 1. The van der Waals surface area contributed by atoms with Crippen LogP contribution in [0.5, 0.6) is 5.75 Å². The fourth-order valence-electron chi connectivity index (χ4n) is 1.66. The fraction of sp³-hybridized carbons (Fsp3) is 0.0769. The van der Waals surface area contributed by atoms with E-state index >= 15 is 0 Å². The summed E-state index contributed by atoms with van der Waals surface area (Å²) in [5.74, 6) is -0.00778. The maximum atomic E-state index is 11.3. The predicted octanol–water partition coefficient (Wildman–Crippen LogP) is 1.91. The molecule has 8 heteroatoms. The lowest BCUT2D eigenvalue weighted by molar-refractivity contribution is -0.118. The summed E-state index contributed by atoms with van der Waals surface area (Å²) in [6.45, 7) is -0.129. The Hall–Kier alpha value is -3.21. The van der Waals surface area contributed by atoms with Gasteiger partial charge in [0.15, 0.2) is 17.9 Å². The molecule has 0 unspecified atom stereocenters. The number of rotatable bonds is 2. The first-order valence-corrected chi connectivity index (χ1v) is 5.94. The summed E-state index contributed by atoms with van der Waals surface area (Å²) in [6.07, 6.45) is 0. The van der Waals surface area contributed by atoms with Crippen LogP contribution in [0.15, 0.2) is 23.4 Å². The topological polar surface area (TPSA) is 122 Å². The Balaban J connectivity index is 2.42. The van der Waals surface area contributed by atoms with Gasteiger partial charge in [-0.3, -0.25) is 4.79 Å². The number of benzene rings is 1. The minimum absolute atomic E-state index is 0.129. The van der Waals surface area contributed by atoms with Gasteiger partial charge in [0.05, 0.1) is 10.7 Å². The van der Waals surface area contributed by atoms with E-state index in [0.29, 0.717) is 17.1 Å². The molecule has 21 heavy (non-hydrogen) atoms. The first kappa shape index (κ1) is 14.2. The summed E-state index contributed by atoms with van der Waals surface area (Å²) < 4.78 is 5.19. The van der Waals surface area contributed by atoms with E-state index in [2.05, 4.69) is 10.6 Å². The van der Waals surface area contributed by atoms with E-state index in [1.807, 2.05) is 0 Å². The van der Waals surface area contributed by atoms with Crippen LogP contribution in [0.3, 0.4) is 0 Å². The highest BCUT2D eigenvalue weighted by molar-refractivity contribution is 6.33. The molecule has 7 nitrogen and oxygen atoms in total. The molecular weight excluding hydrogens is 294 g/mol. The fourth-order valence-corrected chi connectivity index (χ4v) is 1.93. The van der Waals surface area contributed by atoms with Crippen molar-refractivity contribution >= 4 is 28.9 Å². The third-order valence-corrected chi connectivity index (χ3v) is 2.80. The Morgan fingerprint density at radius 1 is 1.29 bits per heavy atom. The standard InChI is InChI=1S/C13H6ClN5O2/c14-9-1-8(18-11(5-17)7(3-15)4-16)2-10-13(9)21-6-12(20)19-10/h1-2,18H,6H2,(H,19,20). The van der Waals surface area contributed by atoms with Crippen LogP contribution < -0.4 is 15.4 Å². The molecule has 1 amide bonds. The third-order valence-electron chi connectivity index (χ3n) is 2.52. The summed E-state index contributed by atoms with van der Waals surface area (Å²) in [5.41, 5.74) is 0.115. The van der Waals surface area contributed by atoms with Crippen molar-refractivity contribution in [1.29, 1.82) is 15.8 Å². The molecule has 1 aromatic carbocycles. The van der Waals surface area contributed by atoms with Crippen LogP contribution in [0.2, 0.25) is 5.02 Å². The zero-order valence-electron chi connectivity index (χ0n) is 10.4. The Morgan fingerprint density at radius 3 is 2.62 bits per heavy atom. The van der Waals surface area contributed by atoms with Crippen LogP contribution >= 0.6 is 11.6 Å². The first-order chi connectivity index (χ1) is 10.1. The molecule has 0 radical (unpaired) electrons. The van der Waals surface area contributed by atoms with Crippen molar-refractivity contribution in [1.82, 2.24) is 0 Å². The number of nitriles is 3. The van der Waals surface area contributed by atoms with Crippen molar-refractivity contribution < 1.29 is 9.53 Å². The Bertz CT molecular complexity index is 763. The van der Waals surface area contributed by atoms with Crippen LogP contribution in [-0.2, 0) is 4.79 Å². The molecule has 0 atom stereocenters. The second-order valence-corrected chi connectivity index (χ2v) is 4.29. The van der Waals surface area contributed by atoms with Gasteiger partial charge in [-0.15, -0.1) is 0 Å². The molecule has 0 saturated heterocycles. The molecule has 1 aliphatic heterocycles. The lowest BCUT2D eigenvalue weighted by atomic mass is 10.2. The predicted molar refractivity (Wildman–Crippen MR) is 73.1 cm³/mol. The molecule has 102 valence electrons. The number of fused-ring (bicyclic) bond motifs is 1. The van der Waals surface area contributed by atoms with Crippen molar-refractivity contribution in [2.24, 2.45) is 0 Å². The van der Waals surface area contributed by atoms with Crippen molar-refractivity contribution in [3.8, 4) is 24.0 Å². The average Bonchev–Trinajstić information content (AvgIpc) is 2.46. The quantitative estimate of drug-likeness (QED) is 0.804. The van der Waals surface area contributed by atoms with Crippen LogP contribution in [-0.4, -0.2) is 12.5 Å². The largest absolute Gasteiger partial charge is 0.480 e.